The van der Waals surface area contributed by atoms with Crippen LogP contribution < -0.4 is 15.4 Å². The molecule has 138 valence electrons. The normalized spacial score (nSPS) is 10.4. The average Bonchev–Trinajstić information content (AvgIpc) is 2.69. The Morgan fingerprint density at radius 1 is 1.04 bits per heavy atom. The summed E-state index contributed by atoms with van der Waals surface area (Å²) in [5, 5.41) is 5.10. The van der Waals surface area contributed by atoms with E-state index in [0.29, 0.717) is 11.4 Å². The van der Waals surface area contributed by atoms with E-state index in [2.05, 4.69) is 20.6 Å². The SMILES string of the molecule is COc1cccc(NC(=O)c2cnc(Nc3ccc(F)c(F)c3F)cn2)c1. The Labute approximate surface area is 152 Å². The fraction of sp³-hybridized carbons (Fsp3) is 0.0556. The fourth-order valence-corrected chi connectivity index (χ4v) is 2.17. The lowest BCUT2D eigenvalue weighted by Crippen LogP contribution is -2.14. The van der Waals surface area contributed by atoms with Crippen LogP contribution in [0.25, 0.3) is 0 Å². The largest absolute Gasteiger partial charge is 0.497 e. The molecule has 1 amide bonds. The Kier molecular flexibility index (Phi) is 5.20. The van der Waals surface area contributed by atoms with Crippen molar-refractivity contribution in [3.63, 3.8) is 0 Å². The van der Waals surface area contributed by atoms with Gasteiger partial charge in [0.2, 0.25) is 0 Å². The summed E-state index contributed by atoms with van der Waals surface area (Å²) in [6, 6.07) is 8.56. The number of amides is 1. The van der Waals surface area contributed by atoms with Gasteiger partial charge >= 0.3 is 0 Å². The van der Waals surface area contributed by atoms with Crippen molar-refractivity contribution in [1.82, 2.24) is 9.97 Å². The van der Waals surface area contributed by atoms with Gasteiger partial charge in [-0.05, 0) is 24.3 Å². The third-order valence-corrected chi connectivity index (χ3v) is 3.51. The minimum absolute atomic E-state index is 0.00845. The predicted octanol–water partition coefficient (Wildman–Crippen LogP) is 3.90. The molecule has 3 rings (SSSR count). The first-order chi connectivity index (χ1) is 13.0. The Morgan fingerprint density at radius 2 is 1.85 bits per heavy atom. The van der Waals surface area contributed by atoms with E-state index in [0.717, 1.165) is 18.3 Å². The molecule has 9 heteroatoms. The Morgan fingerprint density at radius 3 is 2.56 bits per heavy atom. The zero-order chi connectivity index (χ0) is 19.4. The second kappa shape index (κ2) is 7.73. The van der Waals surface area contributed by atoms with Crippen LogP contribution in [0.5, 0.6) is 5.75 Å². The molecular weight excluding hydrogens is 361 g/mol. The molecule has 1 aromatic heterocycles. The highest BCUT2D eigenvalue weighted by Gasteiger charge is 2.14. The third-order valence-electron chi connectivity index (χ3n) is 3.51. The van der Waals surface area contributed by atoms with E-state index in [4.69, 9.17) is 4.74 Å². The first kappa shape index (κ1) is 18.2. The van der Waals surface area contributed by atoms with Gasteiger partial charge in [0, 0.05) is 11.8 Å². The number of benzene rings is 2. The van der Waals surface area contributed by atoms with Crippen molar-refractivity contribution in [3.8, 4) is 5.75 Å². The quantitative estimate of drug-likeness (QED) is 0.663. The van der Waals surface area contributed by atoms with Gasteiger partial charge in [-0.1, -0.05) is 6.07 Å². The summed E-state index contributed by atoms with van der Waals surface area (Å²) in [4.78, 5) is 20.0. The van der Waals surface area contributed by atoms with E-state index in [-0.39, 0.29) is 17.2 Å². The van der Waals surface area contributed by atoms with Crippen molar-refractivity contribution in [2.24, 2.45) is 0 Å². The summed E-state index contributed by atoms with van der Waals surface area (Å²) in [5.41, 5.74) is 0.207. The topological polar surface area (TPSA) is 76.1 Å². The van der Waals surface area contributed by atoms with Gasteiger partial charge in [-0.3, -0.25) is 4.79 Å². The number of hydrogen-bond acceptors (Lipinski definition) is 5. The molecule has 2 aromatic carbocycles. The molecule has 0 aliphatic heterocycles. The molecule has 1 heterocycles. The van der Waals surface area contributed by atoms with E-state index in [1.54, 1.807) is 24.3 Å². The highest BCUT2D eigenvalue weighted by molar-refractivity contribution is 6.02. The van der Waals surface area contributed by atoms with Crippen molar-refractivity contribution in [2.75, 3.05) is 17.7 Å². The van der Waals surface area contributed by atoms with E-state index in [1.165, 1.54) is 13.3 Å². The maximum absolute atomic E-state index is 13.7. The Balaban J connectivity index is 1.71. The van der Waals surface area contributed by atoms with Crippen molar-refractivity contribution in [1.29, 1.82) is 0 Å². The standard InChI is InChI=1S/C18H13F3N4O2/c1-27-11-4-2-3-10(7-11)24-18(26)14-8-23-15(9-22-14)25-13-6-5-12(19)16(20)17(13)21/h2-9H,1H3,(H,23,25)(H,24,26). The lowest BCUT2D eigenvalue weighted by Gasteiger charge is -2.09. The minimum atomic E-state index is -1.60. The lowest BCUT2D eigenvalue weighted by molar-refractivity contribution is 0.102. The predicted molar refractivity (Wildman–Crippen MR) is 92.6 cm³/mol. The molecule has 0 atom stereocenters. The molecule has 27 heavy (non-hydrogen) atoms. The molecule has 0 fully saturated rings. The zero-order valence-electron chi connectivity index (χ0n) is 14.0. The monoisotopic (exact) mass is 374 g/mol. The van der Waals surface area contributed by atoms with Gasteiger partial charge in [0.05, 0.1) is 25.2 Å². The van der Waals surface area contributed by atoms with Crippen molar-refractivity contribution in [2.45, 2.75) is 0 Å². The molecule has 0 aliphatic rings. The molecule has 0 unspecified atom stereocenters. The minimum Gasteiger partial charge on any atom is -0.497 e. The molecule has 0 saturated carbocycles. The van der Waals surface area contributed by atoms with Crippen LogP contribution >= 0.6 is 0 Å². The summed E-state index contributed by atoms with van der Waals surface area (Å²) >= 11 is 0. The second-order valence-electron chi connectivity index (χ2n) is 5.32. The van der Waals surface area contributed by atoms with Gasteiger partial charge in [-0.25, -0.2) is 23.1 Å². The van der Waals surface area contributed by atoms with E-state index in [9.17, 15) is 18.0 Å². The van der Waals surface area contributed by atoms with Crippen LogP contribution in [-0.2, 0) is 0 Å². The highest BCUT2D eigenvalue weighted by atomic mass is 19.2. The molecule has 2 N–H and O–H groups in total. The first-order valence-corrected chi connectivity index (χ1v) is 7.66. The van der Waals surface area contributed by atoms with E-state index >= 15 is 0 Å². The molecule has 0 radical (unpaired) electrons. The smallest absolute Gasteiger partial charge is 0.275 e. The summed E-state index contributed by atoms with van der Waals surface area (Å²) < 4.78 is 44.9. The molecular formula is C18H13F3N4O2. The Bertz CT molecular complexity index is 981. The summed E-state index contributed by atoms with van der Waals surface area (Å²) in [6.45, 7) is 0. The van der Waals surface area contributed by atoms with Crippen molar-refractivity contribution < 1.29 is 22.7 Å². The van der Waals surface area contributed by atoms with Gasteiger partial charge in [0.25, 0.3) is 5.91 Å². The van der Waals surface area contributed by atoms with Gasteiger partial charge < -0.3 is 15.4 Å². The van der Waals surface area contributed by atoms with Gasteiger partial charge in [-0.2, -0.15) is 0 Å². The Hall–Kier alpha value is -3.62. The number of nitrogens with one attached hydrogen (secondary N) is 2. The third kappa shape index (κ3) is 4.14. The number of ether oxygens (including phenoxy) is 1. The average molecular weight is 374 g/mol. The number of rotatable bonds is 5. The zero-order valence-corrected chi connectivity index (χ0v) is 14.0. The summed E-state index contributed by atoms with van der Waals surface area (Å²) in [5.74, 6) is -4.15. The van der Waals surface area contributed by atoms with Crippen LogP contribution in [0.2, 0.25) is 0 Å². The number of carbonyl (C=O) groups excluding carboxylic acids is 1. The molecule has 0 aliphatic carbocycles. The van der Waals surface area contributed by atoms with Crippen LogP contribution in [-0.4, -0.2) is 23.0 Å². The number of halogens is 3. The molecule has 3 aromatic rings. The van der Waals surface area contributed by atoms with Gasteiger partial charge in [-0.15, -0.1) is 0 Å². The summed E-state index contributed by atoms with van der Waals surface area (Å²) in [6.07, 6.45) is 2.33. The van der Waals surface area contributed by atoms with Crippen molar-refractivity contribution >= 4 is 23.1 Å². The molecule has 6 nitrogen and oxygen atoms in total. The van der Waals surface area contributed by atoms with Crippen molar-refractivity contribution in [3.05, 3.63) is 71.9 Å². The maximum Gasteiger partial charge on any atom is 0.275 e. The highest BCUT2D eigenvalue weighted by Crippen LogP contribution is 2.22. The number of carbonyl (C=O) groups is 1. The molecule has 0 bridgehead atoms. The summed E-state index contributed by atoms with van der Waals surface area (Å²) in [7, 11) is 1.51. The van der Waals surface area contributed by atoms with Gasteiger partial charge in [0.1, 0.15) is 17.3 Å². The maximum atomic E-state index is 13.7. The molecule has 0 spiro atoms. The van der Waals surface area contributed by atoms with Crippen LogP contribution in [0.1, 0.15) is 10.5 Å². The van der Waals surface area contributed by atoms with Crippen LogP contribution in [0.4, 0.5) is 30.4 Å². The van der Waals surface area contributed by atoms with Crippen LogP contribution in [0.3, 0.4) is 0 Å². The van der Waals surface area contributed by atoms with Crippen LogP contribution in [0, 0.1) is 17.5 Å². The van der Waals surface area contributed by atoms with Crippen LogP contribution in [0.15, 0.2) is 48.8 Å². The number of nitrogens with zero attached hydrogens (tertiary/aromatic N) is 2. The van der Waals surface area contributed by atoms with Gasteiger partial charge in [0.15, 0.2) is 17.5 Å². The van der Waals surface area contributed by atoms with E-state index < -0.39 is 23.4 Å². The fourth-order valence-electron chi connectivity index (χ4n) is 2.17. The molecule has 0 saturated heterocycles. The first-order valence-electron chi connectivity index (χ1n) is 7.66. The number of anilines is 3. The number of methoxy groups -OCH3 is 1. The number of hydrogen-bond donors (Lipinski definition) is 2. The number of aromatic nitrogens is 2. The van der Waals surface area contributed by atoms with E-state index in [1.807, 2.05) is 0 Å². The second-order valence-corrected chi connectivity index (χ2v) is 5.32. The lowest BCUT2D eigenvalue weighted by atomic mass is 10.2.